The molecule has 114 valence electrons. The highest BCUT2D eigenvalue weighted by atomic mass is 16.5. The van der Waals surface area contributed by atoms with E-state index in [1.54, 1.807) is 42.5 Å². The van der Waals surface area contributed by atoms with E-state index in [0.29, 0.717) is 22.1 Å². The normalized spacial score (nSPS) is 16.9. The minimum absolute atomic E-state index is 0.0273. The molecule has 1 aliphatic heterocycles. The van der Waals surface area contributed by atoms with E-state index in [1.807, 2.05) is 0 Å². The van der Waals surface area contributed by atoms with Crippen molar-refractivity contribution in [2.45, 2.75) is 12.3 Å². The number of esters is 1. The van der Waals surface area contributed by atoms with Crippen molar-refractivity contribution in [2.24, 2.45) is 0 Å². The summed E-state index contributed by atoms with van der Waals surface area (Å²) in [6.07, 6.45) is 0.0273. The number of hydrogen-bond donors (Lipinski definition) is 1. The van der Waals surface area contributed by atoms with Gasteiger partial charge in [0.1, 0.15) is 11.3 Å². The lowest BCUT2D eigenvalue weighted by Crippen LogP contribution is -2.26. The maximum atomic E-state index is 12.4. The van der Waals surface area contributed by atoms with Crippen LogP contribution in [0, 0.1) is 0 Å². The average Bonchev–Trinajstić information content (AvgIpc) is 2.54. The van der Waals surface area contributed by atoms with Gasteiger partial charge >= 0.3 is 11.6 Å². The molecule has 2 heterocycles. The lowest BCUT2D eigenvalue weighted by Gasteiger charge is -2.24. The highest BCUT2D eigenvalue weighted by Crippen LogP contribution is 2.40. The van der Waals surface area contributed by atoms with Crippen LogP contribution in [0.3, 0.4) is 0 Å². The monoisotopic (exact) mass is 308 g/mol. The Hall–Kier alpha value is -3.08. The van der Waals surface area contributed by atoms with Crippen LogP contribution in [0.15, 0.2) is 57.7 Å². The number of carbonyl (C=O) groups is 1. The van der Waals surface area contributed by atoms with Crippen LogP contribution in [0.1, 0.15) is 23.5 Å². The van der Waals surface area contributed by atoms with Crippen LogP contribution in [0.5, 0.6) is 11.5 Å². The van der Waals surface area contributed by atoms with E-state index in [0.717, 1.165) is 0 Å². The number of rotatable bonds is 1. The summed E-state index contributed by atoms with van der Waals surface area (Å²) in [5.41, 5.74) is 0.833. The van der Waals surface area contributed by atoms with E-state index in [1.165, 1.54) is 6.07 Å². The van der Waals surface area contributed by atoms with E-state index in [-0.39, 0.29) is 17.9 Å². The molecule has 5 nitrogen and oxygen atoms in total. The number of phenols is 1. The van der Waals surface area contributed by atoms with Crippen LogP contribution in [0.4, 0.5) is 0 Å². The molecule has 1 aromatic heterocycles. The van der Waals surface area contributed by atoms with Gasteiger partial charge in [-0.25, -0.2) is 4.79 Å². The fraction of sp³-hybridized carbons (Fsp3) is 0.111. The molecule has 0 aliphatic carbocycles. The summed E-state index contributed by atoms with van der Waals surface area (Å²) < 4.78 is 10.7. The SMILES string of the molecule is O=C1C[C@@H](c2cccc(O)c2)c2c(c3ccccc3oc2=O)O1. The summed E-state index contributed by atoms with van der Waals surface area (Å²) in [5, 5.41) is 10.3. The second-order valence-electron chi connectivity index (χ2n) is 5.45. The zero-order valence-corrected chi connectivity index (χ0v) is 12.0. The number of ether oxygens (including phenoxy) is 1. The van der Waals surface area contributed by atoms with Crippen molar-refractivity contribution in [1.82, 2.24) is 0 Å². The van der Waals surface area contributed by atoms with Crippen LogP contribution < -0.4 is 10.4 Å². The summed E-state index contributed by atoms with van der Waals surface area (Å²) in [6, 6.07) is 13.5. The van der Waals surface area contributed by atoms with Crippen molar-refractivity contribution in [3.05, 3.63) is 70.1 Å². The Morgan fingerprint density at radius 1 is 1.04 bits per heavy atom. The second-order valence-corrected chi connectivity index (χ2v) is 5.45. The summed E-state index contributed by atoms with van der Waals surface area (Å²) >= 11 is 0. The van der Waals surface area contributed by atoms with Crippen molar-refractivity contribution in [3.8, 4) is 11.5 Å². The summed E-state index contributed by atoms with van der Waals surface area (Å²) in [5.74, 6) is -0.588. The molecule has 1 aliphatic rings. The molecule has 1 atom stereocenters. The number of aromatic hydroxyl groups is 1. The molecule has 0 unspecified atom stereocenters. The zero-order valence-electron chi connectivity index (χ0n) is 12.0. The van der Waals surface area contributed by atoms with Crippen molar-refractivity contribution in [2.75, 3.05) is 0 Å². The van der Waals surface area contributed by atoms with E-state index in [4.69, 9.17) is 9.15 Å². The molecule has 0 saturated carbocycles. The van der Waals surface area contributed by atoms with Gasteiger partial charge in [0, 0.05) is 5.92 Å². The molecule has 5 heteroatoms. The number of phenolic OH excluding ortho intramolecular Hbond substituents is 1. The maximum absolute atomic E-state index is 12.4. The quantitative estimate of drug-likeness (QED) is 0.552. The molecule has 0 fully saturated rings. The standard InChI is InChI=1S/C18H12O5/c19-11-5-3-4-10(8-11)13-9-15(20)23-17-12-6-1-2-7-14(12)22-18(21)16(13)17/h1-8,13,19H,9H2/t13-/m0/s1. The molecular formula is C18H12O5. The molecule has 2 aromatic carbocycles. The lowest BCUT2D eigenvalue weighted by atomic mass is 9.86. The molecule has 0 saturated heterocycles. The number of carbonyl (C=O) groups excluding carboxylic acids is 1. The Balaban J connectivity index is 2.02. The number of para-hydroxylation sites is 1. The van der Waals surface area contributed by atoms with Crippen LogP contribution in [-0.4, -0.2) is 11.1 Å². The fourth-order valence-electron chi connectivity index (χ4n) is 3.00. The summed E-state index contributed by atoms with van der Waals surface area (Å²) in [6.45, 7) is 0. The van der Waals surface area contributed by atoms with E-state index < -0.39 is 17.5 Å². The van der Waals surface area contributed by atoms with Gasteiger partial charge < -0.3 is 14.3 Å². The smallest absolute Gasteiger partial charge is 0.343 e. The third-order valence-electron chi connectivity index (χ3n) is 4.01. The van der Waals surface area contributed by atoms with Gasteiger partial charge in [0.15, 0.2) is 5.75 Å². The first kappa shape index (κ1) is 13.6. The zero-order chi connectivity index (χ0) is 16.0. The van der Waals surface area contributed by atoms with E-state index in [2.05, 4.69) is 0 Å². The minimum Gasteiger partial charge on any atom is -0.508 e. The Labute approximate surface area is 130 Å². The van der Waals surface area contributed by atoms with Gasteiger partial charge in [-0.15, -0.1) is 0 Å². The fourth-order valence-corrected chi connectivity index (χ4v) is 3.00. The lowest BCUT2D eigenvalue weighted by molar-refractivity contribution is -0.135. The Morgan fingerprint density at radius 3 is 2.70 bits per heavy atom. The van der Waals surface area contributed by atoms with Crippen LogP contribution in [-0.2, 0) is 4.79 Å². The summed E-state index contributed by atoms with van der Waals surface area (Å²) in [7, 11) is 0. The summed E-state index contributed by atoms with van der Waals surface area (Å²) in [4.78, 5) is 24.5. The van der Waals surface area contributed by atoms with Gasteiger partial charge in [-0.05, 0) is 29.8 Å². The highest BCUT2D eigenvalue weighted by Gasteiger charge is 2.33. The van der Waals surface area contributed by atoms with Crippen molar-refractivity contribution >= 4 is 16.9 Å². The third kappa shape index (κ3) is 2.17. The van der Waals surface area contributed by atoms with E-state index in [9.17, 15) is 14.7 Å². The third-order valence-corrected chi connectivity index (χ3v) is 4.01. The first-order chi connectivity index (χ1) is 11.1. The number of benzene rings is 2. The molecule has 0 radical (unpaired) electrons. The molecule has 23 heavy (non-hydrogen) atoms. The largest absolute Gasteiger partial charge is 0.508 e. The van der Waals surface area contributed by atoms with Gasteiger partial charge in [0.25, 0.3) is 0 Å². The number of fused-ring (bicyclic) bond motifs is 3. The molecule has 3 aromatic rings. The first-order valence-corrected chi connectivity index (χ1v) is 7.19. The molecular weight excluding hydrogens is 296 g/mol. The molecule has 1 N–H and O–H groups in total. The highest BCUT2D eigenvalue weighted by molar-refractivity contribution is 5.90. The van der Waals surface area contributed by atoms with Crippen molar-refractivity contribution in [3.63, 3.8) is 0 Å². The predicted octanol–water partition coefficient (Wildman–Crippen LogP) is 2.94. The molecule has 0 bridgehead atoms. The Morgan fingerprint density at radius 2 is 1.87 bits per heavy atom. The number of hydrogen-bond acceptors (Lipinski definition) is 5. The van der Waals surface area contributed by atoms with Crippen molar-refractivity contribution < 1.29 is 19.1 Å². The van der Waals surface area contributed by atoms with Crippen LogP contribution in [0.2, 0.25) is 0 Å². The minimum atomic E-state index is -0.528. The Kier molecular flexibility index (Phi) is 2.94. The van der Waals surface area contributed by atoms with Crippen molar-refractivity contribution in [1.29, 1.82) is 0 Å². The van der Waals surface area contributed by atoms with Crippen LogP contribution in [0.25, 0.3) is 11.0 Å². The second kappa shape index (κ2) is 4.98. The average molecular weight is 308 g/mol. The van der Waals surface area contributed by atoms with Gasteiger partial charge in [0.05, 0.1) is 17.4 Å². The van der Waals surface area contributed by atoms with Gasteiger partial charge in [-0.3, -0.25) is 4.79 Å². The molecule has 0 spiro atoms. The predicted molar refractivity (Wildman–Crippen MR) is 82.7 cm³/mol. The van der Waals surface area contributed by atoms with Gasteiger partial charge in [-0.2, -0.15) is 0 Å². The van der Waals surface area contributed by atoms with Gasteiger partial charge in [-0.1, -0.05) is 24.3 Å². The van der Waals surface area contributed by atoms with Crippen LogP contribution >= 0.6 is 0 Å². The maximum Gasteiger partial charge on any atom is 0.343 e. The molecule has 4 rings (SSSR count). The van der Waals surface area contributed by atoms with Gasteiger partial charge in [0.2, 0.25) is 0 Å². The molecule has 0 amide bonds. The van der Waals surface area contributed by atoms with E-state index >= 15 is 0 Å². The first-order valence-electron chi connectivity index (χ1n) is 7.19. The Bertz CT molecular complexity index is 986. The topological polar surface area (TPSA) is 76.7 Å².